The maximum absolute atomic E-state index is 10.6. The van der Waals surface area contributed by atoms with Gasteiger partial charge in [-0.2, -0.15) is 0 Å². The molecule has 0 spiro atoms. The standard InChI is InChI=1S/C11H14BrN3O2/c1-11(2,7-3-4-7)14-10-9(12)5-8(6-13-10)15(16)17/h5-7H,3-4H2,1-2H3,(H,13,14). The first-order chi connectivity index (χ1) is 7.90. The minimum Gasteiger partial charge on any atom is -0.364 e. The average Bonchev–Trinajstić information content (AvgIpc) is 3.04. The van der Waals surface area contributed by atoms with Crippen molar-refractivity contribution >= 4 is 27.4 Å². The molecule has 1 aliphatic carbocycles. The van der Waals surface area contributed by atoms with Gasteiger partial charge in [-0.25, -0.2) is 4.98 Å². The molecule has 1 aliphatic rings. The molecule has 5 nitrogen and oxygen atoms in total. The first-order valence-electron chi connectivity index (χ1n) is 5.48. The molecule has 1 fully saturated rings. The maximum atomic E-state index is 10.6. The first-order valence-corrected chi connectivity index (χ1v) is 6.27. The van der Waals surface area contributed by atoms with Gasteiger partial charge in [0.25, 0.3) is 5.69 Å². The van der Waals surface area contributed by atoms with Gasteiger partial charge in [-0.15, -0.1) is 0 Å². The number of rotatable bonds is 4. The molecule has 1 aromatic heterocycles. The van der Waals surface area contributed by atoms with E-state index in [0.717, 1.165) is 0 Å². The van der Waals surface area contributed by atoms with Crippen LogP contribution in [0.3, 0.4) is 0 Å². The largest absolute Gasteiger partial charge is 0.364 e. The molecule has 0 aromatic carbocycles. The molecular weight excluding hydrogens is 286 g/mol. The van der Waals surface area contributed by atoms with Crippen molar-refractivity contribution in [1.29, 1.82) is 0 Å². The molecule has 0 unspecified atom stereocenters. The van der Waals surface area contributed by atoms with E-state index < -0.39 is 4.92 Å². The highest BCUT2D eigenvalue weighted by molar-refractivity contribution is 9.10. The molecule has 1 saturated carbocycles. The third-order valence-corrected chi connectivity index (χ3v) is 3.68. The number of hydrogen-bond acceptors (Lipinski definition) is 4. The van der Waals surface area contributed by atoms with E-state index in [1.165, 1.54) is 25.1 Å². The number of halogens is 1. The number of hydrogen-bond donors (Lipinski definition) is 1. The lowest BCUT2D eigenvalue weighted by Gasteiger charge is -2.27. The van der Waals surface area contributed by atoms with Gasteiger partial charge in [0.1, 0.15) is 12.0 Å². The Morgan fingerprint density at radius 2 is 2.24 bits per heavy atom. The van der Waals surface area contributed by atoms with Gasteiger partial charge in [0.05, 0.1) is 9.40 Å². The molecule has 0 aliphatic heterocycles. The lowest BCUT2D eigenvalue weighted by molar-refractivity contribution is -0.385. The highest BCUT2D eigenvalue weighted by Gasteiger charge is 2.38. The molecule has 2 rings (SSSR count). The monoisotopic (exact) mass is 299 g/mol. The normalized spacial score (nSPS) is 15.7. The van der Waals surface area contributed by atoms with Crippen LogP contribution in [-0.4, -0.2) is 15.4 Å². The van der Waals surface area contributed by atoms with E-state index in [-0.39, 0.29) is 11.2 Å². The van der Waals surface area contributed by atoms with Gasteiger partial charge in [0.15, 0.2) is 0 Å². The summed E-state index contributed by atoms with van der Waals surface area (Å²) in [5, 5.41) is 13.9. The molecule has 0 radical (unpaired) electrons. The fraction of sp³-hybridized carbons (Fsp3) is 0.545. The molecule has 1 N–H and O–H groups in total. The summed E-state index contributed by atoms with van der Waals surface area (Å²) in [6.07, 6.45) is 3.73. The van der Waals surface area contributed by atoms with Gasteiger partial charge in [0.2, 0.25) is 0 Å². The van der Waals surface area contributed by atoms with Crippen molar-refractivity contribution in [2.75, 3.05) is 5.32 Å². The third-order valence-electron chi connectivity index (χ3n) is 3.08. The zero-order valence-electron chi connectivity index (χ0n) is 9.74. The molecule has 1 aromatic rings. The third kappa shape index (κ3) is 2.74. The zero-order chi connectivity index (χ0) is 12.6. The van der Waals surface area contributed by atoms with Gasteiger partial charge in [-0.3, -0.25) is 10.1 Å². The van der Waals surface area contributed by atoms with Gasteiger partial charge in [-0.05, 0) is 48.5 Å². The second kappa shape index (κ2) is 4.25. The Morgan fingerprint density at radius 3 is 2.71 bits per heavy atom. The maximum Gasteiger partial charge on any atom is 0.288 e. The summed E-state index contributed by atoms with van der Waals surface area (Å²) in [5.41, 5.74) is -0.0299. The van der Waals surface area contributed by atoms with Crippen LogP contribution in [0.4, 0.5) is 11.5 Å². The van der Waals surface area contributed by atoms with Crippen LogP contribution in [0.2, 0.25) is 0 Å². The van der Waals surface area contributed by atoms with Gasteiger partial charge in [0, 0.05) is 11.6 Å². The number of aromatic nitrogens is 1. The smallest absolute Gasteiger partial charge is 0.288 e. The summed E-state index contributed by atoms with van der Waals surface area (Å²) in [7, 11) is 0. The lowest BCUT2D eigenvalue weighted by Crippen LogP contribution is -2.33. The molecule has 92 valence electrons. The van der Waals surface area contributed by atoms with E-state index in [2.05, 4.69) is 40.1 Å². The van der Waals surface area contributed by atoms with Crippen molar-refractivity contribution in [1.82, 2.24) is 4.98 Å². The highest BCUT2D eigenvalue weighted by atomic mass is 79.9. The molecule has 0 amide bonds. The number of anilines is 1. The molecule has 6 heteroatoms. The van der Waals surface area contributed by atoms with E-state index >= 15 is 0 Å². The number of nitro groups is 1. The van der Waals surface area contributed by atoms with Gasteiger partial charge in [-0.1, -0.05) is 0 Å². The fourth-order valence-electron chi connectivity index (χ4n) is 1.83. The van der Waals surface area contributed by atoms with Crippen LogP contribution in [0.25, 0.3) is 0 Å². The van der Waals surface area contributed by atoms with Crippen LogP contribution in [0.1, 0.15) is 26.7 Å². The van der Waals surface area contributed by atoms with Gasteiger partial charge >= 0.3 is 0 Å². The summed E-state index contributed by atoms with van der Waals surface area (Å²) in [6, 6.07) is 1.47. The van der Waals surface area contributed by atoms with Crippen molar-refractivity contribution in [3.05, 3.63) is 26.9 Å². The van der Waals surface area contributed by atoms with Crippen molar-refractivity contribution in [3.8, 4) is 0 Å². The molecule has 0 atom stereocenters. The van der Waals surface area contributed by atoms with Crippen molar-refractivity contribution in [3.63, 3.8) is 0 Å². The SMILES string of the molecule is CC(C)(Nc1ncc([N+](=O)[O-])cc1Br)C1CC1. The van der Waals surface area contributed by atoms with Crippen molar-refractivity contribution < 1.29 is 4.92 Å². The predicted molar refractivity (Wildman–Crippen MR) is 69.0 cm³/mol. The minimum absolute atomic E-state index is 0.00773. The Hall–Kier alpha value is -1.17. The average molecular weight is 300 g/mol. The van der Waals surface area contributed by atoms with Crippen LogP contribution < -0.4 is 5.32 Å². The minimum atomic E-state index is -0.451. The summed E-state index contributed by atoms with van der Waals surface area (Å²) < 4.78 is 0.625. The molecule has 0 bridgehead atoms. The lowest BCUT2D eigenvalue weighted by atomic mass is 9.99. The van der Waals surface area contributed by atoms with E-state index in [0.29, 0.717) is 16.2 Å². The molecule has 1 heterocycles. The first kappa shape index (κ1) is 12.3. The quantitative estimate of drug-likeness (QED) is 0.684. The second-order valence-electron chi connectivity index (χ2n) is 4.90. The van der Waals surface area contributed by atoms with E-state index in [1.54, 1.807) is 0 Å². The summed E-state index contributed by atoms with van der Waals surface area (Å²) in [6.45, 7) is 4.25. The van der Waals surface area contributed by atoms with Gasteiger partial charge < -0.3 is 5.32 Å². The Balaban J connectivity index is 2.19. The summed E-state index contributed by atoms with van der Waals surface area (Å²) in [5.74, 6) is 1.32. The van der Waals surface area contributed by atoms with E-state index in [4.69, 9.17) is 0 Å². The Morgan fingerprint density at radius 1 is 1.59 bits per heavy atom. The summed E-state index contributed by atoms with van der Waals surface area (Å²) in [4.78, 5) is 14.2. The second-order valence-corrected chi connectivity index (χ2v) is 5.76. The van der Waals surface area contributed by atoms with Crippen molar-refractivity contribution in [2.24, 2.45) is 5.92 Å². The predicted octanol–water partition coefficient (Wildman–Crippen LogP) is 3.35. The fourth-order valence-corrected chi connectivity index (χ4v) is 2.27. The van der Waals surface area contributed by atoms with Crippen LogP contribution in [0.5, 0.6) is 0 Å². The molecular formula is C11H14BrN3O2. The zero-order valence-corrected chi connectivity index (χ0v) is 11.3. The molecule has 0 saturated heterocycles. The number of nitrogens with zero attached hydrogens (tertiary/aromatic N) is 2. The van der Waals surface area contributed by atoms with E-state index in [9.17, 15) is 10.1 Å². The van der Waals surface area contributed by atoms with Crippen LogP contribution in [0, 0.1) is 16.0 Å². The van der Waals surface area contributed by atoms with Crippen molar-refractivity contribution in [2.45, 2.75) is 32.2 Å². The Labute approximate surface area is 108 Å². The van der Waals surface area contributed by atoms with Crippen LogP contribution in [-0.2, 0) is 0 Å². The van der Waals surface area contributed by atoms with Crippen LogP contribution >= 0.6 is 15.9 Å². The Bertz CT molecular complexity index is 458. The number of pyridine rings is 1. The van der Waals surface area contributed by atoms with E-state index in [1.807, 2.05) is 0 Å². The topological polar surface area (TPSA) is 68.1 Å². The molecule has 17 heavy (non-hydrogen) atoms. The summed E-state index contributed by atoms with van der Waals surface area (Å²) >= 11 is 3.31. The van der Waals surface area contributed by atoms with Crippen LogP contribution in [0.15, 0.2) is 16.7 Å². The highest BCUT2D eigenvalue weighted by Crippen LogP contribution is 2.41. The Kier molecular flexibility index (Phi) is 3.07. The number of nitrogens with one attached hydrogen (secondary N) is 1.